The standard InChI is InChI=1S/C25H21ClFN5/c1-31(24-22-9-8-19(26)12-23(22)32(14-28)25(29)30-24)21-11-18(10-20(27)13-21)17-6-4-16(5-7-17)15-2-3-15/h4-15,28-29H,2-3H2,1H3. The van der Waals surface area contributed by atoms with E-state index in [1.807, 2.05) is 18.2 Å². The second-order valence-corrected chi connectivity index (χ2v) is 8.51. The molecule has 7 heteroatoms. The SMILES string of the molecule is CN(c1cc(F)cc(-c2ccc(C3CC3)cc2)c1)c1nc(=N)n(C=N)c2cc(Cl)ccc12. The lowest BCUT2D eigenvalue weighted by atomic mass is 10.0. The van der Waals surface area contributed by atoms with Crippen molar-refractivity contribution in [2.75, 3.05) is 11.9 Å². The van der Waals surface area contributed by atoms with Crippen LogP contribution in [0.15, 0.2) is 60.7 Å². The van der Waals surface area contributed by atoms with Gasteiger partial charge in [-0.1, -0.05) is 35.9 Å². The highest BCUT2D eigenvalue weighted by Gasteiger charge is 2.23. The Bertz CT molecular complexity index is 1410. The fourth-order valence-corrected chi connectivity index (χ4v) is 4.20. The van der Waals surface area contributed by atoms with Gasteiger partial charge in [-0.15, -0.1) is 0 Å². The van der Waals surface area contributed by atoms with Crippen LogP contribution >= 0.6 is 11.6 Å². The van der Waals surface area contributed by atoms with E-state index < -0.39 is 0 Å². The molecular weight excluding hydrogens is 425 g/mol. The molecule has 0 atom stereocenters. The Labute approximate surface area is 189 Å². The topological polar surface area (TPSA) is 68.8 Å². The van der Waals surface area contributed by atoms with Gasteiger partial charge >= 0.3 is 0 Å². The number of hydrogen-bond acceptors (Lipinski definition) is 4. The van der Waals surface area contributed by atoms with Crippen LogP contribution in [0.2, 0.25) is 5.02 Å². The van der Waals surface area contributed by atoms with Gasteiger partial charge in [-0.2, -0.15) is 4.98 Å². The fraction of sp³-hybridized carbons (Fsp3) is 0.160. The summed E-state index contributed by atoms with van der Waals surface area (Å²) in [6, 6.07) is 18.5. The van der Waals surface area contributed by atoms with E-state index >= 15 is 0 Å². The van der Waals surface area contributed by atoms with Crippen LogP contribution in [0.25, 0.3) is 22.0 Å². The molecule has 0 saturated heterocycles. The lowest BCUT2D eigenvalue weighted by Crippen LogP contribution is -2.26. The summed E-state index contributed by atoms with van der Waals surface area (Å²) in [6.07, 6.45) is 3.52. The molecule has 1 saturated carbocycles. The predicted octanol–water partition coefficient (Wildman–Crippen LogP) is 6.08. The molecule has 0 bridgehead atoms. The maximum Gasteiger partial charge on any atom is 0.229 e. The van der Waals surface area contributed by atoms with Crippen molar-refractivity contribution < 1.29 is 4.39 Å². The molecule has 1 aromatic heterocycles. The van der Waals surface area contributed by atoms with Crippen molar-refractivity contribution in [3.05, 3.63) is 82.7 Å². The molecule has 3 aromatic carbocycles. The number of aromatic nitrogens is 2. The Morgan fingerprint density at radius 1 is 1.06 bits per heavy atom. The summed E-state index contributed by atoms with van der Waals surface area (Å²) in [4.78, 5) is 6.14. The van der Waals surface area contributed by atoms with Gasteiger partial charge in [-0.05, 0) is 71.8 Å². The number of nitrogens with zero attached hydrogens (tertiary/aromatic N) is 3. The van der Waals surface area contributed by atoms with Crippen LogP contribution in [0.4, 0.5) is 15.9 Å². The first-order chi connectivity index (χ1) is 15.4. The highest BCUT2D eigenvalue weighted by molar-refractivity contribution is 6.31. The Morgan fingerprint density at radius 3 is 2.50 bits per heavy atom. The van der Waals surface area contributed by atoms with E-state index in [0.29, 0.717) is 33.3 Å². The second kappa shape index (κ2) is 7.88. The van der Waals surface area contributed by atoms with Crippen LogP contribution in [0, 0.1) is 16.6 Å². The van der Waals surface area contributed by atoms with Crippen molar-refractivity contribution in [1.29, 1.82) is 10.8 Å². The molecule has 0 spiro atoms. The van der Waals surface area contributed by atoms with Gasteiger partial charge in [0.2, 0.25) is 5.62 Å². The van der Waals surface area contributed by atoms with Gasteiger partial charge in [0.1, 0.15) is 11.6 Å². The monoisotopic (exact) mass is 445 g/mol. The second-order valence-electron chi connectivity index (χ2n) is 8.07. The zero-order valence-electron chi connectivity index (χ0n) is 17.4. The van der Waals surface area contributed by atoms with Gasteiger partial charge in [-0.3, -0.25) is 15.4 Å². The van der Waals surface area contributed by atoms with E-state index in [9.17, 15) is 4.39 Å². The predicted molar refractivity (Wildman–Crippen MR) is 127 cm³/mol. The Balaban J connectivity index is 1.60. The van der Waals surface area contributed by atoms with E-state index in [4.69, 9.17) is 22.4 Å². The number of benzene rings is 3. The van der Waals surface area contributed by atoms with Gasteiger partial charge in [0.25, 0.3) is 0 Å². The zero-order valence-corrected chi connectivity index (χ0v) is 18.2. The van der Waals surface area contributed by atoms with Crippen LogP contribution in [-0.4, -0.2) is 22.9 Å². The first-order valence-electron chi connectivity index (χ1n) is 10.4. The number of hydrogen-bond donors (Lipinski definition) is 2. The smallest absolute Gasteiger partial charge is 0.229 e. The quantitative estimate of drug-likeness (QED) is 0.289. The summed E-state index contributed by atoms with van der Waals surface area (Å²) in [5.74, 6) is 0.812. The number of halogens is 2. The van der Waals surface area contributed by atoms with Gasteiger partial charge in [-0.25, -0.2) is 4.39 Å². The molecule has 0 aliphatic heterocycles. The minimum absolute atomic E-state index is 0.107. The first kappa shape index (κ1) is 20.4. The van der Waals surface area contributed by atoms with Gasteiger partial charge in [0.15, 0.2) is 0 Å². The molecular formula is C25H21ClFN5. The molecule has 2 N–H and O–H groups in total. The van der Waals surface area contributed by atoms with Crippen molar-refractivity contribution in [3.8, 4) is 11.1 Å². The minimum atomic E-state index is -0.348. The highest BCUT2D eigenvalue weighted by atomic mass is 35.5. The Kier molecular flexibility index (Phi) is 5.02. The molecule has 1 fully saturated rings. The van der Waals surface area contributed by atoms with E-state index in [-0.39, 0.29) is 11.4 Å². The molecule has 1 aliphatic carbocycles. The van der Waals surface area contributed by atoms with Crippen LogP contribution < -0.4 is 10.5 Å². The van der Waals surface area contributed by atoms with Gasteiger partial charge in [0.05, 0.1) is 11.9 Å². The van der Waals surface area contributed by atoms with E-state index in [1.165, 1.54) is 35.1 Å². The largest absolute Gasteiger partial charge is 0.329 e. The third-order valence-electron chi connectivity index (χ3n) is 5.91. The van der Waals surface area contributed by atoms with Gasteiger partial charge in [0, 0.05) is 23.1 Å². The summed E-state index contributed by atoms with van der Waals surface area (Å²) in [5, 5.41) is 17.1. The van der Waals surface area contributed by atoms with Crippen molar-refractivity contribution in [3.63, 3.8) is 0 Å². The average Bonchev–Trinajstić information content (AvgIpc) is 3.63. The maximum absolute atomic E-state index is 14.6. The highest BCUT2D eigenvalue weighted by Crippen LogP contribution is 2.40. The van der Waals surface area contributed by atoms with Crippen LogP contribution in [-0.2, 0) is 0 Å². The molecule has 4 aromatic rings. The van der Waals surface area contributed by atoms with Crippen LogP contribution in [0.1, 0.15) is 24.3 Å². The van der Waals surface area contributed by atoms with E-state index in [1.54, 1.807) is 30.1 Å². The van der Waals surface area contributed by atoms with Crippen molar-refractivity contribution in [1.82, 2.24) is 9.55 Å². The minimum Gasteiger partial charge on any atom is -0.329 e. The lowest BCUT2D eigenvalue weighted by Gasteiger charge is -2.22. The molecule has 1 aliphatic rings. The van der Waals surface area contributed by atoms with E-state index in [0.717, 1.165) is 17.5 Å². The Hall–Kier alpha value is -3.51. The molecule has 5 nitrogen and oxygen atoms in total. The average molecular weight is 446 g/mol. The van der Waals surface area contributed by atoms with Crippen molar-refractivity contribution in [2.45, 2.75) is 18.8 Å². The van der Waals surface area contributed by atoms with Gasteiger partial charge < -0.3 is 4.90 Å². The van der Waals surface area contributed by atoms with Crippen LogP contribution in [0.5, 0.6) is 0 Å². The Morgan fingerprint density at radius 2 is 1.81 bits per heavy atom. The van der Waals surface area contributed by atoms with Crippen molar-refractivity contribution >= 4 is 40.3 Å². The number of rotatable bonds is 5. The van der Waals surface area contributed by atoms with Crippen molar-refractivity contribution in [2.24, 2.45) is 0 Å². The zero-order chi connectivity index (χ0) is 22.4. The number of fused-ring (bicyclic) bond motifs is 1. The summed E-state index contributed by atoms with van der Waals surface area (Å²) in [5.41, 5.74) is 4.15. The van der Waals surface area contributed by atoms with E-state index in [2.05, 4.69) is 17.1 Å². The molecule has 1 heterocycles. The first-order valence-corrected chi connectivity index (χ1v) is 10.7. The summed E-state index contributed by atoms with van der Waals surface area (Å²) in [6.45, 7) is 0. The molecule has 5 rings (SSSR count). The number of nitrogens with one attached hydrogen (secondary N) is 2. The molecule has 32 heavy (non-hydrogen) atoms. The molecule has 160 valence electrons. The third kappa shape index (κ3) is 3.67. The summed E-state index contributed by atoms with van der Waals surface area (Å²) < 4.78 is 16.0. The molecule has 0 radical (unpaired) electrons. The summed E-state index contributed by atoms with van der Waals surface area (Å²) >= 11 is 6.16. The molecule has 0 unspecified atom stereocenters. The summed E-state index contributed by atoms with van der Waals surface area (Å²) in [7, 11) is 1.79. The maximum atomic E-state index is 14.6. The van der Waals surface area contributed by atoms with Crippen LogP contribution in [0.3, 0.4) is 0 Å². The third-order valence-corrected chi connectivity index (χ3v) is 6.14. The number of anilines is 2. The normalized spacial score (nSPS) is 13.3. The molecule has 0 amide bonds. The fourth-order valence-electron chi connectivity index (χ4n) is 4.03. The lowest BCUT2D eigenvalue weighted by molar-refractivity contribution is 0.628.